The highest BCUT2D eigenvalue weighted by Gasteiger charge is 2.26. The van der Waals surface area contributed by atoms with E-state index in [1.807, 2.05) is 31.2 Å². The summed E-state index contributed by atoms with van der Waals surface area (Å²) in [6.45, 7) is 9.94. The Hall–Kier alpha value is -1.89. The molecule has 2 aliphatic rings. The molecule has 1 amide bonds. The van der Waals surface area contributed by atoms with Crippen molar-refractivity contribution in [3.63, 3.8) is 0 Å². The van der Waals surface area contributed by atoms with Gasteiger partial charge in [0, 0.05) is 42.2 Å². The van der Waals surface area contributed by atoms with Gasteiger partial charge in [0.1, 0.15) is 5.76 Å². The number of piperidine rings is 2. The quantitative estimate of drug-likeness (QED) is 0.488. The lowest BCUT2D eigenvalue weighted by molar-refractivity contribution is -0.126. The molecule has 2 aliphatic heterocycles. The largest absolute Gasteiger partial charge is 0.441 e. The lowest BCUT2D eigenvalue weighted by Crippen LogP contribution is -2.42. The van der Waals surface area contributed by atoms with Crippen LogP contribution in [-0.4, -0.2) is 59.5 Å². The number of hydrogen-bond donors (Lipinski definition) is 1. The van der Waals surface area contributed by atoms with Crippen molar-refractivity contribution in [3.05, 3.63) is 40.7 Å². The summed E-state index contributed by atoms with van der Waals surface area (Å²) < 4.78 is 5.91. The van der Waals surface area contributed by atoms with Gasteiger partial charge in [-0.15, -0.1) is 0 Å². The number of aryl methyl sites for hydroxylation is 1. The molecular weight excluding hydrogens is 448 g/mol. The molecule has 0 spiro atoms. The van der Waals surface area contributed by atoms with Crippen LogP contribution in [0.2, 0.25) is 5.02 Å². The molecule has 34 heavy (non-hydrogen) atoms. The average molecular weight is 487 g/mol. The molecule has 186 valence electrons. The van der Waals surface area contributed by atoms with E-state index in [-0.39, 0.29) is 11.8 Å². The molecule has 2 fully saturated rings. The molecule has 2 saturated heterocycles. The Morgan fingerprint density at radius 3 is 2.65 bits per heavy atom. The molecule has 1 aromatic heterocycles. The first-order chi connectivity index (χ1) is 16.5. The second-order valence-corrected chi connectivity index (χ2v) is 10.3. The standard InChI is InChI=1S/C27H39ClN4O2/c1-3-24-7-4-5-15-32(24)16-6-14-29-26(33)21-12-17-31(18-13-21)19-25-20(2)34-27(30-25)22-8-10-23(28)11-9-22/h8-11,21,24H,3-7,12-19H2,1-2H3,(H,29,33)/t24-/m1/s1. The Kier molecular flexibility index (Phi) is 9.04. The number of carbonyl (C=O) groups excluding carboxylic acids is 1. The number of benzene rings is 1. The van der Waals surface area contributed by atoms with Crippen LogP contribution in [0.4, 0.5) is 0 Å². The smallest absolute Gasteiger partial charge is 0.226 e. The molecule has 6 nitrogen and oxygen atoms in total. The van der Waals surface area contributed by atoms with Gasteiger partial charge in [-0.05, 0) is 89.3 Å². The fourth-order valence-electron chi connectivity index (χ4n) is 5.31. The number of oxazole rings is 1. The summed E-state index contributed by atoms with van der Waals surface area (Å²) in [6.07, 6.45) is 8.09. The van der Waals surface area contributed by atoms with Crippen molar-refractivity contribution >= 4 is 17.5 Å². The van der Waals surface area contributed by atoms with E-state index < -0.39 is 0 Å². The van der Waals surface area contributed by atoms with Gasteiger partial charge >= 0.3 is 0 Å². The van der Waals surface area contributed by atoms with Gasteiger partial charge in [-0.2, -0.15) is 0 Å². The highest BCUT2D eigenvalue weighted by molar-refractivity contribution is 6.30. The molecule has 4 rings (SSSR count). The third-order valence-corrected chi connectivity index (χ3v) is 7.71. The zero-order valence-electron chi connectivity index (χ0n) is 20.7. The highest BCUT2D eigenvalue weighted by atomic mass is 35.5. The maximum absolute atomic E-state index is 12.7. The van der Waals surface area contributed by atoms with E-state index in [2.05, 4.69) is 22.0 Å². The van der Waals surface area contributed by atoms with Gasteiger partial charge in [-0.25, -0.2) is 4.98 Å². The van der Waals surface area contributed by atoms with Crippen molar-refractivity contribution in [2.24, 2.45) is 5.92 Å². The summed E-state index contributed by atoms with van der Waals surface area (Å²) in [5.74, 6) is 1.84. The zero-order valence-corrected chi connectivity index (χ0v) is 21.4. The number of nitrogens with one attached hydrogen (secondary N) is 1. The fourth-order valence-corrected chi connectivity index (χ4v) is 5.44. The Balaban J connectivity index is 1.18. The molecule has 0 unspecified atom stereocenters. The van der Waals surface area contributed by atoms with Gasteiger partial charge in [0.15, 0.2) is 0 Å². The van der Waals surface area contributed by atoms with E-state index in [1.54, 1.807) is 0 Å². The van der Waals surface area contributed by atoms with Crippen molar-refractivity contribution < 1.29 is 9.21 Å². The lowest BCUT2D eigenvalue weighted by Gasteiger charge is -2.35. The highest BCUT2D eigenvalue weighted by Crippen LogP contribution is 2.26. The second-order valence-electron chi connectivity index (χ2n) is 9.82. The third-order valence-electron chi connectivity index (χ3n) is 7.46. The number of amides is 1. The van der Waals surface area contributed by atoms with Crippen molar-refractivity contribution in [2.75, 3.05) is 32.7 Å². The Labute approximate surface area is 209 Å². The normalized spacial score (nSPS) is 20.5. The van der Waals surface area contributed by atoms with Gasteiger partial charge in [0.2, 0.25) is 11.8 Å². The van der Waals surface area contributed by atoms with Crippen LogP contribution in [0.3, 0.4) is 0 Å². The van der Waals surface area contributed by atoms with E-state index in [0.29, 0.717) is 10.9 Å². The molecule has 0 aliphatic carbocycles. The predicted octanol–water partition coefficient (Wildman–Crippen LogP) is 5.29. The van der Waals surface area contributed by atoms with E-state index in [0.717, 1.165) is 75.0 Å². The molecule has 0 bridgehead atoms. The van der Waals surface area contributed by atoms with E-state index in [1.165, 1.54) is 32.2 Å². The first-order valence-electron chi connectivity index (χ1n) is 13.0. The molecule has 3 heterocycles. The monoisotopic (exact) mass is 486 g/mol. The summed E-state index contributed by atoms with van der Waals surface area (Å²) in [5, 5.41) is 3.90. The molecule has 1 aromatic carbocycles. The maximum atomic E-state index is 12.7. The van der Waals surface area contributed by atoms with Gasteiger partial charge in [0.05, 0.1) is 5.69 Å². The molecule has 1 N–H and O–H groups in total. The maximum Gasteiger partial charge on any atom is 0.226 e. The summed E-state index contributed by atoms with van der Waals surface area (Å²) in [4.78, 5) is 22.4. The number of aromatic nitrogens is 1. The average Bonchev–Trinajstić information content (AvgIpc) is 3.22. The summed E-state index contributed by atoms with van der Waals surface area (Å²) in [6, 6.07) is 8.29. The topological polar surface area (TPSA) is 61.6 Å². The molecule has 1 atom stereocenters. The fraction of sp³-hybridized carbons (Fsp3) is 0.630. The Morgan fingerprint density at radius 2 is 1.91 bits per heavy atom. The van der Waals surface area contributed by atoms with Crippen LogP contribution in [0.15, 0.2) is 28.7 Å². The van der Waals surface area contributed by atoms with Crippen molar-refractivity contribution in [2.45, 2.75) is 71.4 Å². The van der Waals surface area contributed by atoms with E-state index in [9.17, 15) is 4.79 Å². The van der Waals surface area contributed by atoms with Crippen LogP contribution in [-0.2, 0) is 11.3 Å². The summed E-state index contributed by atoms with van der Waals surface area (Å²) >= 11 is 5.99. The Bertz CT molecular complexity index is 921. The van der Waals surface area contributed by atoms with E-state index >= 15 is 0 Å². The second kappa shape index (κ2) is 12.2. The van der Waals surface area contributed by atoms with Gasteiger partial charge < -0.3 is 14.6 Å². The number of rotatable bonds is 9. The number of carbonyl (C=O) groups is 1. The number of hydrogen-bond acceptors (Lipinski definition) is 5. The molecular formula is C27H39ClN4O2. The van der Waals surface area contributed by atoms with Crippen LogP contribution in [0.5, 0.6) is 0 Å². The summed E-state index contributed by atoms with van der Waals surface area (Å²) in [7, 11) is 0. The van der Waals surface area contributed by atoms with E-state index in [4.69, 9.17) is 21.0 Å². The first kappa shape index (κ1) is 25.2. The minimum atomic E-state index is 0.123. The minimum Gasteiger partial charge on any atom is -0.441 e. The van der Waals surface area contributed by atoms with Crippen molar-refractivity contribution in [1.82, 2.24) is 20.1 Å². The van der Waals surface area contributed by atoms with Crippen molar-refractivity contribution in [3.8, 4) is 11.5 Å². The predicted molar refractivity (Wildman–Crippen MR) is 137 cm³/mol. The molecule has 0 saturated carbocycles. The molecule has 0 radical (unpaired) electrons. The summed E-state index contributed by atoms with van der Waals surface area (Å²) in [5.41, 5.74) is 1.90. The first-order valence-corrected chi connectivity index (χ1v) is 13.4. The minimum absolute atomic E-state index is 0.123. The van der Waals surface area contributed by atoms with Gasteiger partial charge in [0.25, 0.3) is 0 Å². The van der Waals surface area contributed by atoms with Crippen LogP contribution in [0.1, 0.15) is 63.3 Å². The lowest BCUT2D eigenvalue weighted by atomic mass is 9.95. The van der Waals surface area contributed by atoms with Gasteiger partial charge in [-0.1, -0.05) is 24.9 Å². The van der Waals surface area contributed by atoms with Gasteiger partial charge in [-0.3, -0.25) is 9.69 Å². The van der Waals surface area contributed by atoms with Crippen LogP contribution in [0, 0.1) is 12.8 Å². The molecule has 7 heteroatoms. The number of halogens is 1. The Morgan fingerprint density at radius 1 is 1.15 bits per heavy atom. The molecule has 2 aromatic rings. The number of likely N-dealkylation sites (tertiary alicyclic amines) is 2. The van der Waals surface area contributed by atoms with Crippen LogP contribution >= 0.6 is 11.6 Å². The van der Waals surface area contributed by atoms with Crippen LogP contribution in [0.25, 0.3) is 11.5 Å². The third kappa shape index (κ3) is 6.61. The number of nitrogens with zero attached hydrogens (tertiary/aromatic N) is 3. The van der Waals surface area contributed by atoms with Crippen molar-refractivity contribution in [1.29, 1.82) is 0 Å². The van der Waals surface area contributed by atoms with Crippen LogP contribution < -0.4 is 5.32 Å². The SMILES string of the molecule is CC[C@@H]1CCCCN1CCCNC(=O)C1CCN(Cc2nc(-c3ccc(Cl)cc3)oc2C)CC1. The zero-order chi connectivity index (χ0) is 23.9.